The number of esters is 2. The van der Waals surface area contributed by atoms with Gasteiger partial charge < -0.3 is 9.84 Å². The van der Waals surface area contributed by atoms with Gasteiger partial charge in [0, 0.05) is 18.9 Å². The summed E-state index contributed by atoms with van der Waals surface area (Å²) < 4.78 is 4.44. The second-order valence-corrected chi connectivity index (χ2v) is 4.58. The lowest BCUT2D eigenvalue weighted by Gasteiger charge is -2.02. The lowest BCUT2D eigenvalue weighted by molar-refractivity contribution is -0.156. The third kappa shape index (κ3) is 10.2. The summed E-state index contributed by atoms with van der Waals surface area (Å²) >= 11 is 0. The highest BCUT2D eigenvalue weighted by Gasteiger charge is 2.15. The van der Waals surface area contributed by atoms with Crippen molar-refractivity contribution in [2.45, 2.75) is 51.4 Å². The Hall–Kier alpha value is -2.67. The minimum Gasteiger partial charge on any atom is -0.481 e. The third-order valence-electron chi connectivity index (χ3n) is 2.78. The molecule has 0 aromatic rings. The maximum atomic E-state index is 11.4. The summed E-state index contributed by atoms with van der Waals surface area (Å²) in [4.78, 5) is 33.0. The van der Waals surface area contributed by atoms with E-state index in [0.717, 1.165) is 31.8 Å². The molecular formula is C15H18N2O5. The molecule has 0 amide bonds. The number of unbranched alkanes of at least 4 members (excludes halogenated alkanes) is 5. The number of hydrogen-bond acceptors (Lipinski definition) is 6. The minimum atomic E-state index is -1.11. The smallest absolute Gasteiger partial charge is 0.357 e. The van der Waals surface area contributed by atoms with Gasteiger partial charge in [-0.25, -0.2) is 4.79 Å². The first-order valence-electron chi connectivity index (χ1n) is 6.98. The summed E-state index contributed by atoms with van der Waals surface area (Å²) in [6.45, 7) is 0. The van der Waals surface area contributed by atoms with Gasteiger partial charge in [-0.2, -0.15) is 10.5 Å². The van der Waals surface area contributed by atoms with E-state index < -0.39 is 23.5 Å². The van der Waals surface area contributed by atoms with Crippen LogP contribution < -0.4 is 0 Å². The Bertz CT molecular complexity index is 511. The molecule has 0 bridgehead atoms. The minimum absolute atomic E-state index is 0.0616. The van der Waals surface area contributed by atoms with Crippen LogP contribution in [0, 0.1) is 22.7 Å². The number of carboxylic acids is 1. The van der Waals surface area contributed by atoms with E-state index in [2.05, 4.69) is 4.74 Å². The van der Waals surface area contributed by atoms with Crippen LogP contribution in [-0.4, -0.2) is 23.0 Å². The fourth-order valence-corrected chi connectivity index (χ4v) is 1.66. The molecule has 0 aromatic carbocycles. The van der Waals surface area contributed by atoms with Crippen LogP contribution in [0.3, 0.4) is 0 Å². The van der Waals surface area contributed by atoms with E-state index >= 15 is 0 Å². The van der Waals surface area contributed by atoms with Gasteiger partial charge in [0.15, 0.2) is 0 Å². The highest BCUT2D eigenvalue weighted by atomic mass is 16.6. The molecule has 0 atom stereocenters. The van der Waals surface area contributed by atoms with E-state index in [-0.39, 0.29) is 12.8 Å². The van der Waals surface area contributed by atoms with Gasteiger partial charge in [0.05, 0.1) is 6.07 Å². The van der Waals surface area contributed by atoms with E-state index in [9.17, 15) is 14.4 Å². The highest BCUT2D eigenvalue weighted by molar-refractivity contribution is 5.99. The van der Waals surface area contributed by atoms with Crippen molar-refractivity contribution in [2.75, 3.05) is 0 Å². The van der Waals surface area contributed by atoms with Crippen LogP contribution in [0.4, 0.5) is 0 Å². The fourth-order valence-electron chi connectivity index (χ4n) is 1.66. The average Bonchev–Trinajstić information content (AvgIpc) is 2.46. The molecular weight excluding hydrogens is 288 g/mol. The van der Waals surface area contributed by atoms with Crippen molar-refractivity contribution in [3.8, 4) is 12.1 Å². The van der Waals surface area contributed by atoms with Crippen molar-refractivity contribution in [1.29, 1.82) is 10.5 Å². The molecule has 0 fully saturated rings. The molecule has 7 heteroatoms. The number of rotatable bonds is 10. The van der Waals surface area contributed by atoms with Gasteiger partial charge in [0.25, 0.3) is 0 Å². The van der Waals surface area contributed by atoms with Gasteiger partial charge in [-0.15, -0.1) is 0 Å². The summed E-state index contributed by atoms with van der Waals surface area (Å²) in [5.41, 5.74) is -0.505. The first-order valence-corrected chi connectivity index (χ1v) is 6.98. The Balaban J connectivity index is 3.73. The molecule has 118 valence electrons. The van der Waals surface area contributed by atoms with Gasteiger partial charge in [0.1, 0.15) is 11.6 Å². The topological polar surface area (TPSA) is 128 Å². The molecule has 0 rings (SSSR count). The number of ether oxygens (including phenoxy) is 1. The number of allylic oxidation sites excluding steroid dienone is 1. The Morgan fingerprint density at radius 1 is 0.955 bits per heavy atom. The van der Waals surface area contributed by atoms with Crippen molar-refractivity contribution in [3.05, 3.63) is 11.6 Å². The SMILES string of the molecule is N#CC=C(C#N)C(=O)OC(=O)CCCCCCCCC(=O)O. The normalized spacial score (nSPS) is 10.4. The number of carboxylic acid groups (broad SMARTS) is 1. The molecule has 0 aliphatic heterocycles. The monoisotopic (exact) mass is 306 g/mol. The molecule has 0 radical (unpaired) electrons. The van der Waals surface area contributed by atoms with E-state index in [0.29, 0.717) is 12.8 Å². The zero-order valence-corrected chi connectivity index (χ0v) is 12.2. The molecule has 22 heavy (non-hydrogen) atoms. The maximum Gasteiger partial charge on any atom is 0.357 e. The molecule has 0 aliphatic carbocycles. The second-order valence-electron chi connectivity index (χ2n) is 4.58. The lowest BCUT2D eigenvalue weighted by atomic mass is 10.1. The standard InChI is InChI=1S/C15H18N2O5/c16-10-9-12(11-17)15(21)22-14(20)8-6-4-2-1-3-5-7-13(18)19/h9H,1-8H2,(H,18,19). The summed E-state index contributed by atoms with van der Waals surface area (Å²) in [5.74, 6) is -2.63. The maximum absolute atomic E-state index is 11.4. The number of aliphatic carboxylic acids is 1. The first-order chi connectivity index (χ1) is 10.5. The van der Waals surface area contributed by atoms with Crippen LogP contribution in [0.15, 0.2) is 11.6 Å². The van der Waals surface area contributed by atoms with Crippen molar-refractivity contribution in [2.24, 2.45) is 0 Å². The quantitative estimate of drug-likeness (QED) is 0.215. The molecule has 0 unspecified atom stereocenters. The molecule has 0 saturated carbocycles. The Kier molecular flexibility index (Phi) is 10.6. The lowest BCUT2D eigenvalue weighted by Crippen LogP contribution is -2.13. The predicted octanol–water partition coefficient (Wildman–Crippen LogP) is 2.24. The summed E-state index contributed by atoms with van der Waals surface area (Å²) in [6, 6.07) is 3.01. The molecule has 1 N–H and O–H groups in total. The van der Waals surface area contributed by atoms with Crippen LogP contribution in [0.25, 0.3) is 0 Å². The van der Waals surface area contributed by atoms with Crippen LogP contribution in [0.5, 0.6) is 0 Å². The number of carbonyl (C=O) groups is 3. The van der Waals surface area contributed by atoms with E-state index in [4.69, 9.17) is 15.6 Å². The van der Waals surface area contributed by atoms with E-state index in [1.54, 1.807) is 0 Å². The van der Waals surface area contributed by atoms with Crippen LogP contribution in [0.1, 0.15) is 51.4 Å². The van der Waals surface area contributed by atoms with Crippen molar-refractivity contribution in [3.63, 3.8) is 0 Å². The number of carbonyl (C=O) groups excluding carboxylic acids is 2. The molecule has 0 aliphatic rings. The molecule has 7 nitrogen and oxygen atoms in total. The summed E-state index contributed by atoms with van der Waals surface area (Å²) in [6.07, 6.45) is 5.53. The average molecular weight is 306 g/mol. The predicted molar refractivity (Wildman–Crippen MR) is 75.0 cm³/mol. The Labute approximate surface area is 128 Å². The van der Waals surface area contributed by atoms with Crippen LogP contribution >= 0.6 is 0 Å². The first kappa shape index (κ1) is 19.3. The van der Waals surface area contributed by atoms with E-state index in [1.807, 2.05) is 0 Å². The third-order valence-corrected chi connectivity index (χ3v) is 2.78. The van der Waals surface area contributed by atoms with Crippen molar-refractivity contribution >= 4 is 17.9 Å². The Morgan fingerprint density at radius 2 is 1.50 bits per heavy atom. The number of nitrogens with zero attached hydrogens (tertiary/aromatic N) is 2. The zero-order chi connectivity index (χ0) is 16.8. The molecule has 0 spiro atoms. The van der Waals surface area contributed by atoms with Crippen LogP contribution in [-0.2, 0) is 19.1 Å². The van der Waals surface area contributed by atoms with Crippen LogP contribution in [0.2, 0.25) is 0 Å². The van der Waals surface area contributed by atoms with Gasteiger partial charge in [-0.05, 0) is 12.8 Å². The van der Waals surface area contributed by atoms with Gasteiger partial charge in [-0.3, -0.25) is 9.59 Å². The Morgan fingerprint density at radius 3 is 2.00 bits per heavy atom. The fraction of sp³-hybridized carbons (Fsp3) is 0.533. The number of nitriles is 2. The second kappa shape index (κ2) is 12.1. The van der Waals surface area contributed by atoms with Crippen molar-refractivity contribution in [1.82, 2.24) is 0 Å². The zero-order valence-electron chi connectivity index (χ0n) is 12.2. The largest absolute Gasteiger partial charge is 0.481 e. The van der Waals surface area contributed by atoms with Gasteiger partial charge >= 0.3 is 17.9 Å². The van der Waals surface area contributed by atoms with Gasteiger partial charge in [-0.1, -0.05) is 25.7 Å². The molecule has 0 heterocycles. The van der Waals surface area contributed by atoms with Gasteiger partial charge in [0.2, 0.25) is 0 Å². The summed E-state index contributed by atoms with van der Waals surface area (Å²) in [5, 5.41) is 25.4. The molecule has 0 saturated heterocycles. The summed E-state index contributed by atoms with van der Waals surface area (Å²) in [7, 11) is 0. The van der Waals surface area contributed by atoms with Crippen molar-refractivity contribution < 1.29 is 24.2 Å². The van der Waals surface area contributed by atoms with E-state index in [1.165, 1.54) is 12.1 Å². The number of hydrogen-bond donors (Lipinski definition) is 1. The molecule has 0 aromatic heterocycles. The highest BCUT2D eigenvalue weighted by Crippen LogP contribution is 2.09.